The summed E-state index contributed by atoms with van der Waals surface area (Å²) < 4.78 is 0. The number of likely N-dealkylation sites (N-methyl/N-ethyl adjacent to an activating group) is 1. The molecule has 0 amide bonds. The van der Waals surface area contributed by atoms with Crippen molar-refractivity contribution in [3.05, 3.63) is 0 Å². The quantitative estimate of drug-likeness (QED) is 0.817. The largest absolute Gasteiger partial charge is 0.329 e. The molecule has 0 radical (unpaired) electrons. The highest BCUT2D eigenvalue weighted by Crippen LogP contribution is 2.36. The minimum Gasteiger partial charge on any atom is -0.329 e. The molecule has 0 aromatic carbocycles. The highest BCUT2D eigenvalue weighted by molar-refractivity contribution is 4.96. The smallest absolute Gasteiger partial charge is 0.0334 e. The van der Waals surface area contributed by atoms with Gasteiger partial charge in [0.25, 0.3) is 0 Å². The van der Waals surface area contributed by atoms with Gasteiger partial charge >= 0.3 is 0 Å². The minimum atomic E-state index is 0.291. The van der Waals surface area contributed by atoms with E-state index in [0.717, 1.165) is 25.0 Å². The summed E-state index contributed by atoms with van der Waals surface area (Å²) in [6.45, 7) is 9.24. The van der Waals surface area contributed by atoms with Gasteiger partial charge in [-0.2, -0.15) is 0 Å². The number of nitrogens with two attached hydrogens (primary N) is 1. The van der Waals surface area contributed by atoms with Gasteiger partial charge < -0.3 is 10.6 Å². The summed E-state index contributed by atoms with van der Waals surface area (Å²) >= 11 is 0. The zero-order chi connectivity index (χ0) is 15.3. The van der Waals surface area contributed by atoms with Crippen molar-refractivity contribution in [2.45, 2.75) is 76.8 Å². The lowest BCUT2D eigenvalue weighted by Crippen LogP contribution is -2.57. The van der Waals surface area contributed by atoms with E-state index >= 15 is 0 Å². The van der Waals surface area contributed by atoms with Crippen LogP contribution in [0.2, 0.25) is 0 Å². The molecule has 1 aliphatic heterocycles. The Bertz CT molecular complexity index is 307. The molecule has 1 aliphatic carbocycles. The summed E-state index contributed by atoms with van der Waals surface area (Å²) in [5, 5.41) is 0. The van der Waals surface area contributed by atoms with Crippen molar-refractivity contribution in [1.29, 1.82) is 0 Å². The number of likely N-dealkylation sites (tertiary alicyclic amines) is 1. The SMILES string of the molecule is CCN(CCC1CCCCN1C)C1(CN)CCCC(C)C1. The van der Waals surface area contributed by atoms with Crippen molar-refractivity contribution in [2.75, 3.05) is 33.2 Å². The first-order chi connectivity index (χ1) is 10.1. The molecule has 1 saturated heterocycles. The molecular formula is C18H37N3. The van der Waals surface area contributed by atoms with E-state index in [0.29, 0.717) is 5.54 Å². The van der Waals surface area contributed by atoms with Crippen molar-refractivity contribution >= 4 is 0 Å². The summed E-state index contributed by atoms with van der Waals surface area (Å²) in [5.41, 5.74) is 6.55. The van der Waals surface area contributed by atoms with Crippen molar-refractivity contribution in [3.8, 4) is 0 Å². The Labute approximate surface area is 132 Å². The molecule has 124 valence electrons. The number of piperidine rings is 1. The van der Waals surface area contributed by atoms with E-state index in [9.17, 15) is 0 Å². The average molecular weight is 296 g/mol. The molecule has 2 rings (SSSR count). The van der Waals surface area contributed by atoms with Crippen LogP contribution in [0.5, 0.6) is 0 Å². The van der Waals surface area contributed by atoms with Gasteiger partial charge in [0.1, 0.15) is 0 Å². The number of nitrogens with zero attached hydrogens (tertiary/aromatic N) is 2. The highest BCUT2D eigenvalue weighted by Gasteiger charge is 2.38. The monoisotopic (exact) mass is 295 g/mol. The van der Waals surface area contributed by atoms with Crippen LogP contribution in [0.4, 0.5) is 0 Å². The van der Waals surface area contributed by atoms with Crippen LogP contribution in [0.15, 0.2) is 0 Å². The second-order valence-corrected chi connectivity index (χ2v) is 7.63. The first kappa shape index (κ1) is 17.2. The molecule has 21 heavy (non-hydrogen) atoms. The average Bonchev–Trinajstić information content (AvgIpc) is 2.49. The second-order valence-electron chi connectivity index (χ2n) is 7.63. The summed E-state index contributed by atoms with van der Waals surface area (Å²) in [7, 11) is 2.31. The Hall–Kier alpha value is -0.120. The molecule has 2 N–H and O–H groups in total. The molecule has 0 bridgehead atoms. The summed E-state index contributed by atoms with van der Waals surface area (Å²) in [6, 6.07) is 0.795. The van der Waals surface area contributed by atoms with E-state index in [4.69, 9.17) is 5.73 Å². The van der Waals surface area contributed by atoms with Crippen LogP contribution in [0, 0.1) is 5.92 Å². The van der Waals surface area contributed by atoms with E-state index in [1.54, 1.807) is 0 Å². The van der Waals surface area contributed by atoms with Crippen LogP contribution >= 0.6 is 0 Å². The normalized spacial score (nSPS) is 35.3. The lowest BCUT2D eigenvalue weighted by molar-refractivity contribution is 0.0333. The molecule has 3 atom stereocenters. The van der Waals surface area contributed by atoms with Crippen molar-refractivity contribution in [2.24, 2.45) is 11.7 Å². The van der Waals surface area contributed by atoms with Gasteiger partial charge in [-0.15, -0.1) is 0 Å². The lowest BCUT2D eigenvalue weighted by Gasteiger charge is -2.48. The van der Waals surface area contributed by atoms with Gasteiger partial charge in [0.15, 0.2) is 0 Å². The Morgan fingerprint density at radius 2 is 2.05 bits per heavy atom. The minimum absolute atomic E-state index is 0.291. The maximum absolute atomic E-state index is 6.26. The lowest BCUT2D eigenvalue weighted by atomic mass is 9.75. The van der Waals surface area contributed by atoms with Crippen molar-refractivity contribution < 1.29 is 0 Å². The van der Waals surface area contributed by atoms with Crippen LogP contribution < -0.4 is 5.73 Å². The first-order valence-corrected chi connectivity index (χ1v) is 9.26. The molecule has 3 heteroatoms. The van der Waals surface area contributed by atoms with Gasteiger partial charge in [-0.3, -0.25) is 4.90 Å². The molecule has 0 spiro atoms. The van der Waals surface area contributed by atoms with Gasteiger partial charge in [0, 0.05) is 24.7 Å². The molecule has 3 nitrogen and oxygen atoms in total. The van der Waals surface area contributed by atoms with Crippen LogP contribution in [0.3, 0.4) is 0 Å². The standard InChI is InChI=1S/C18H37N3/c1-4-21(13-10-17-9-5-6-12-20(17)3)18(15-19)11-7-8-16(2)14-18/h16-17H,4-15,19H2,1-3H3. The van der Waals surface area contributed by atoms with E-state index in [1.165, 1.54) is 64.5 Å². The zero-order valence-electron chi connectivity index (χ0n) is 14.6. The topological polar surface area (TPSA) is 32.5 Å². The third kappa shape index (κ3) is 4.20. The summed E-state index contributed by atoms with van der Waals surface area (Å²) in [4.78, 5) is 5.31. The van der Waals surface area contributed by atoms with Gasteiger partial charge in [0.05, 0.1) is 0 Å². The Morgan fingerprint density at radius 3 is 2.67 bits per heavy atom. The molecule has 1 heterocycles. The van der Waals surface area contributed by atoms with Gasteiger partial charge in [-0.25, -0.2) is 0 Å². The van der Waals surface area contributed by atoms with E-state index < -0.39 is 0 Å². The maximum atomic E-state index is 6.26. The van der Waals surface area contributed by atoms with E-state index in [-0.39, 0.29) is 0 Å². The highest BCUT2D eigenvalue weighted by atomic mass is 15.2. The van der Waals surface area contributed by atoms with Gasteiger partial charge in [-0.05, 0) is 58.2 Å². The predicted octanol–water partition coefficient (Wildman–Crippen LogP) is 3.09. The van der Waals surface area contributed by atoms with Crippen LogP contribution in [-0.4, -0.2) is 54.6 Å². The molecule has 2 aliphatic rings. The molecule has 0 aromatic heterocycles. The number of hydrogen-bond acceptors (Lipinski definition) is 3. The summed E-state index contributed by atoms with van der Waals surface area (Å²) in [5.74, 6) is 0.841. The molecule has 2 fully saturated rings. The van der Waals surface area contributed by atoms with Crippen molar-refractivity contribution in [1.82, 2.24) is 9.80 Å². The first-order valence-electron chi connectivity index (χ1n) is 9.26. The fraction of sp³-hybridized carbons (Fsp3) is 1.00. The molecule has 0 aromatic rings. The van der Waals surface area contributed by atoms with Crippen LogP contribution in [-0.2, 0) is 0 Å². The summed E-state index contributed by atoms with van der Waals surface area (Å²) in [6.07, 6.45) is 10.9. The predicted molar refractivity (Wildman–Crippen MR) is 91.6 cm³/mol. The Morgan fingerprint density at radius 1 is 1.24 bits per heavy atom. The third-order valence-corrected chi connectivity index (χ3v) is 6.15. The number of hydrogen-bond donors (Lipinski definition) is 1. The maximum Gasteiger partial charge on any atom is 0.0334 e. The van der Waals surface area contributed by atoms with Crippen LogP contribution in [0.25, 0.3) is 0 Å². The third-order valence-electron chi connectivity index (χ3n) is 6.15. The number of rotatable bonds is 6. The molecule has 1 saturated carbocycles. The second kappa shape index (κ2) is 7.94. The van der Waals surface area contributed by atoms with Gasteiger partial charge in [0.2, 0.25) is 0 Å². The van der Waals surface area contributed by atoms with E-state index in [1.807, 2.05) is 0 Å². The van der Waals surface area contributed by atoms with Crippen LogP contribution in [0.1, 0.15) is 65.2 Å². The molecule has 3 unspecified atom stereocenters. The molecular weight excluding hydrogens is 258 g/mol. The van der Waals surface area contributed by atoms with Crippen molar-refractivity contribution in [3.63, 3.8) is 0 Å². The fourth-order valence-electron chi connectivity index (χ4n) is 4.78. The Kier molecular flexibility index (Phi) is 6.51. The van der Waals surface area contributed by atoms with Gasteiger partial charge in [-0.1, -0.05) is 33.1 Å². The fourth-order valence-corrected chi connectivity index (χ4v) is 4.78. The van der Waals surface area contributed by atoms with E-state index in [2.05, 4.69) is 30.7 Å². The Balaban J connectivity index is 1.94. The zero-order valence-corrected chi connectivity index (χ0v) is 14.6.